The van der Waals surface area contributed by atoms with Gasteiger partial charge in [-0.3, -0.25) is 19.8 Å². The first kappa shape index (κ1) is 14.8. The molecule has 4 heteroatoms. The number of nitrogens with one attached hydrogen (secondary N) is 1. The Bertz CT molecular complexity index is 380. The molecule has 102 valence electrons. The molecule has 0 fully saturated rings. The van der Waals surface area contributed by atoms with E-state index in [4.69, 9.17) is 0 Å². The summed E-state index contributed by atoms with van der Waals surface area (Å²) in [6.45, 7) is 12.8. The van der Waals surface area contributed by atoms with Gasteiger partial charge in [-0.2, -0.15) is 0 Å². The minimum Gasteiger partial charge on any atom is -0.290 e. The van der Waals surface area contributed by atoms with Crippen molar-refractivity contribution < 1.29 is 4.79 Å². The van der Waals surface area contributed by atoms with E-state index in [-0.39, 0.29) is 5.91 Å². The van der Waals surface area contributed by atoms with Gasteiger partial charge in [0, 0.05) is 23.5 Å². The molecular formula is C14H25N3O. The average Bonchev–Trinajstić information content (AvgIpc) is 2.56. The lowest BCUT2D eigenvalue weighted by atomic mass is 10.2. The van der Waals surface area contributed by atoms with Crippen LogP contribution in [0, 0.1) is 13.8 Å². The largest absolute Gasteiger partial charge is 0.290 e. The molecule has 1 rings (SSSR count). The minimum absolute atomic E-state index is 0.0276. The zero-order valence-electron chi connectivity index (χ0n) is 12.3. The van der Waals surface area contributed by atoms with Crippen molar-refractivity contribution in [3.05, 3.63) is 23.5 Å². The number of nitrogens with zero attached hydrogens (tertiary/aromatic N) is 2. The molecule has 1 aromatic rings. The van der Waals surface area contributed by atoms with E-state index in [1.807, 2.05) is 30.7 Å². The molecule has 1 heterocycles. The Hall–Kier alpha value is -1.29. The highest BCUT2D eigenvalue weighted by molar-refractivity contribution is 5.85. The van der Waals surface area contributed by atoms with Gasteiger partial charge in [0.25, 0.3) is 5.91 Å². The van der Waals surface area contributed by atoms with Crippen LogP contribution in [0.15, 0.2) is 12.1 Å². The van der Waals surface area contributed by atoms with Crippen LogP contribution >= 0.6 is 0 Å². The summed E-state index contributed by atoms with van der Waals surface area (Å²) >= 11 is 0. The van der Waals surface area contributed by atoms with Gasteiger partial charge < -0.3 is 0 Å². The first-order valence-electron chi connectivity index (χ1n) is 6.53. The van der Waals surface area contributed by atoms with Crippen LogP contribution in [-0.4, -0.2) is 34.1 Å². The van der Waals surface area contributed by atoms with Gasteiger partial charge in [0.15, 0.2) is 0 Å². The van der Waals surface area contributed by atoms with E-state index < -0.39 is 0 Å². The predicted octanol–water partition coefficient (Wildman–Crippen LogP) is 2.29. The Labute approximate surface area is 110 Å². The maximum atomic E-state index is 12.1. The predicted molar refractivity (Wildman–Crippen MR) is 75.3 cm³/mol. The van der Waals surface area contributed by atoms with Gasteiger partial charge in [-0.05, 0) is 53.7 Å². The Kier molecular flexibility index (Phi) is 4.96. The summed E-state index contributed by atoms with van der Waals surface area (Å²) < 4.78 is 1.83. The molecule has 0 bridgehead atoms. The van der Waals surface area contributed by atoms with Crippen molar-refractivity contribution in [2.45, 2.75) is 53.6 Å². The molecule has 0 saturated carbocycles. The van der Waals surface area contributed by atoms with Crippen LogP contribution in [0.2, 0.25) is 0 Å². The maximum absolute atomic E-state index is 12.1. The third-order valence-corrected chi connectivity index (χ3v) is 3.16. The number of amides is 1. The molecule has 0 radical (unpaired) electrons. The lowest BCUT2D eigenvalue weighted by molar-refractivity contribution is -0.119. The molecule has 0 aliphatic rings. The Morgan fingerprint density at radius 1 is 1.17 bits per heavy atom. The number of aromatic nitrogens is 1. The van der Waals surface area contributed by atoms with E-state index in [0.717, 1.165) is 11.4 Å². The molecule has 4 nitrogen and oxygen atoms in total. The second kappa shape index (κ2) is 6.05. The van der Waals surface area contributed by atoms with Crippen LogP contribution < -0.4 is 5.43 Å². The van der Waals surface area contributed by atoms with Crippen molar-refractivity contribution in [3.63, 3.8) is 0 Å². The SMILES string of the molecule is Cc1ccc(C)n1NC(=O)CN(C(C)C)C(C)C. The quantitative estimate of drug-likeness (QED) is 0.872. The fraction of sp³-hybridized carbons (Fsp3) is 0.643. The lowest BCUT2D eigenvalue weighted by Crippen LogP contribution is -2.44. The first-order chi connectivity index (χ1) is 8.32. The second-order valence-electron chi connectivity index (χ2n) is 5.35. The van der Waals surface area contributed by atoms with Gasteiger partial charge in [-0.1, -0.05) is 0 Å². The highest BCUT2D eigenvalue weighted by Crippen LogP contribution is 2.06. The van der Waals surface area contributed by atoms with Gasteiger partial charge in [-0.25, -0.2) is 0 Å². The molecule has 1 aromatic heterocycles. The van der Waals surface area contributed by atoms with Gasteiger partial charge in [-0.15, -0.1) is 0 Å². The van der Waals surface area contributed by atoms with Crippen LogP contribution in [0.25, 0.3) is 0 Å². The molecule has 1 N–H and O–H groups in total. The summed E-state index contributed by atoms with van der Waals surface area (Å²) in [4.78, 5) is 14.2. The molecule has 0 spiro atoms. The van der Waals surface area contributed by atoms with Gasteiger partial charge >= 0.3 is 0 Å². The fourth-order valence-electron chi connectivity index (χ4n) is 2.13. The topological polar surface area (TPSA) is 37.3 Å². The van der Waals surface area contributed by atoms with E-state index in [1.165, 1.54) is 0 Å². The van der Waals surface area contributed by atoms with Gasteiger partial charge in [0.05, 0.1) is 6.54 Å². The number of carbonyl (C=O) groups is 1. The Morgan fingerprint density at radius 3 is 2.00 bits per heavy atom. The second-order valence-corrected chi connectivity index (χ2v) is 5.35. The summed E-state index contributed by atoms with van der Waals surface area (Å²) in [6, 6.07) is 4.72. The average molecular weight is 251 g/mol. The van der Waals surface area contributed by atoms with Crippen LogP contribution in [-0.2, 0) is 4.79 Å². The van der Waals surface area contributed by atoms with Crippen molar-refractivity contribution in [1.29, 1.82) is 0 Å². The van der Waals surface area contributed by atoms with Crippen molar-refractivity contribution in [2.75, 3.05) is 12.0 Å². The number of hydrogen-bond acceptors (Lipinski definition) is 2. The number of hydrogen-bond donors (Lipinski definition) is 1. The molecule has 0 aliphatic carbocycles. The van der Waals surface area contributed by atoms with Gasteiger partial charge in [0.1, 0.15) is 0 Å². The normalized spacial score (nSPS) is 11.6. The molecule has 1 amide bonds. The third kappa shape index (κ3) is 3.60. The van der Waals surface area contributed by atoms with Crippen molar-refractivity contribution >= 4 is 5.91 Å². The molecule has 0 aliphatic heterocycles. The monoisotopic (exact) mass is 251 g/mol. The van der Waals surface area contributed by atoms with Crippen LogP contribution in [0.1, 0.15) is 39.1 Å². The smallest absolute Gasteiger partial charge is 0.252 e. The summed E-state index contributed by atoms with van der Waals surface area (Å²) in [5.74, 6) is 0.0276. The van der Waals surface area contributed by atoms with E-state index in [1.54, 1.807) is 0 Å². The molecular weight excluding hydrogens is 226 g/mol. The van der Waals surface area contributed by atoms with E-state index in [0.29, 0.717) is 18.6 Å². The van der Waals surface area contributed by atoms with E-state index >= 15 is 0 Å². The molecule has 0 aromatic carbocycles. The molecule has 0 atom stereocenters. The maximum Gasteiger partial charge on any atom is 0.252 e. The van der Waals surface area contributed by atoms with E-state index in [9.17, 15) is 4.79 Å². The first-order valence-corrected chi connectivity index (χ1v) is 6.53. The minimum atomic E-state index is 0.0276. The summed E-state index contributed by atoms with van der Waals surface area (Å²) in [6.07, 6.45) is 0. The highest BCUT2D eigenvalue weighted by Gasteiger charge is 2.17. The van der Waals surface area contributed by atoms with Crippen LogP contribution in [0.5, 0.6) is 0 Å². The van der Waals surface area contributed by atoms with Crippen molar-refractivity contribution in [2.24, 2.45) is 0 Å². The van der Waals surface area contributed by atoms with Crippen molar-refractivity contribution in [1.82, 2.24) is 9.58 Å². The lowest BCUT2D eigenvalue weighted by Gasteiger charge is -2.29. The van der Waals surface area contributed by atoms with Crippen LogP contribution in [0.4, 0.5) is 0 Å². The molecule has 0 saturated heterocycles. The Morgan fingerprint density at radius 2 is 1.61 bits per heavy atom. The van der Waals surface area contributed by atoms with Gasteiger partial charge in [0.2, 0.25) is 0 Å². The number of rotatable bonds is 5. The highest BCUT2D eigenvalue weighted by atomic mass is 16.2. The summed E-state index contributed by atoms with van der Waals surface area (Å²) in [5.41, 5.74) is 5.02. The zero-order chi connectivity index (χ0) is 13.9. The Balaban J connectivity index is 2.67. The number of carbonyl (C=O) groups excluding carboxylic acids is 1. The number of aryl methyl sites for hydroxylation is 2. The molecule has 18 heavy (non-hydrogen) atoms. The van der Waals surface area contributed by atoms with Crippen molar-refractivity contribution in [3.8, 4) is 0 Å². The van der Waals surface area contributed by atoms with E-state index in [2.05, 4.69) is 38.0 Å². The summed E-state index contributed by atoms with van der Waals surface area (Å²) in [5, 5.41) is 0. The standard InChI is InChI=1S/C14H25N3O/c1-10(2)16(11(3)4)9-14(18)15-17-12(5)7-8-13(17)6/h7-8,10-11H,9H2,1-6H3,(H,15,18). The van der Waals surface area contributed by atoms with Crippen LogP contribution in [0.3, 0.4) is 0 Å². The third-order valence-electron chi connectivity index (χ3n) is 3.16. The molecule has 0 unspecified atom stereocenters. The summed E-state index contributed by atoms with van der Waals surface area (Å²) in [7, 11) is 0. The zero-order valence-corrected chi connectivity index (χ0v) is 12.3. The fourth-order valence-corrected chi connectivity index (χ4v) is 2.13.